The van der Waals surface area contributed by atoms with Crippen molar-refractivity contribution in [2.75, 3.05) is 6.54 Å². The maximum atomic E-state index is 9.97. The van der Waals surface area contributed by atoms with Gasteiger partial charge in [0, 0.05) is 18.1 Å². The van der Waals surface area contributed by atoms with E-state index in [2.05, 4.69) is 5.32 Å². The summed E-state index contributed by atoms with van der Waals surface area (Å²) in [5, 5.41) is 23.2. The summed E-state index contributed by atoms with van der Waals surface area (Å²) in [4.78, 5) is 0. The first kappa shape index (κ1) is 13.9. The smallest absolute Gasteiger partial charge is 0.115 e. The molecule has 1 atom stereocenters. The molecule has 2 aromatic carbocycles. The minimum absolute atomic E-state index is 0.161. The number of aliphatic hydroxyl groups excluding tert-OH is 1. The molecule has 0 aliphatic rings. The van der Waals surface area contributed by atoms with E-state index in [1.807, 2.05) is 24.3 Å². The Morgan fingerprint density at radius 2 is 1.84 bits per heavy atom. The molecule has 3 nitrogen and oxygen atoms in total. The van der Waals surface area contributed by atoms with Crippen molar-refractivity contribution in [2.45, 2.75) is 12.6 Å². The van der Waals surface area contributed by atoms with Crippen molar-refractivity contribution in [3.8, 4) is 5.75 Å². The van der Waals surface area contributed by atoms with Crippen LogP contribution in [-0.4, -0.2) is 16.8 Å². The van der Waals surface area contributed by atoms with E-state index in [1.54, 1.807) is 24.3 Å². The van der Waals surface area contributed by atoms with Gasteiger partial charge >= 0.3 is 0 Å². The zero-order valence-electron chi connectivity index (χ0n) is 10.4. The van der Waals surface area contributed by atoms with Crippen LogP contribution in [0.15, 0.2) is 48.5 Å². The van der Waals surface area contributed by atoms with Crippen LogP contribution in [0.25, 0.3) is 0 Å². The summed E-state index contributed by atoms with van der Waals surface area (Å²) in [6, 6.07) is 14.2. The predicted molar refractivity (Wildman–Crippen MR) is 76.2 cm³/mol. The number of rotatable bonds is 5. The fourth-order valence-corrected chi connectivity index (χ4v) is 1.93. The number of nitrogens with one attached hydrogen (secondary N) is 1. The number of phenols is 1. The van der Waals surface area contributed by atoms with Crippen molar-refractivity contribution in [3.05, 3.63) is 64.7 Å². The van der Waals surface area contributed by atoms with E-state index < -0.39 is 6.10 Å². The third-order valence-electron chi connectivity index (χ3n) is 2.84. The number of hydrogen-bond donors (Lipinski definition) is 3. The van der Waals surface area contributed by atoms with Crippen molar-refractivity contribution in [1.82, 2.24) is 5.32 Å². The van der Waals surface area contributed by atoms with Crippen molar-refractivity contribution in [1.29, 1.82) is 0 Å². The minimum Gasteiger partial charge on any atom is -0.508 e. The maximum Gasteiger partial charge on any atom is 0.115 e. The third-order valence-corrected chi connectivity index (χ3v) is 3.09. The van der Waals surface area contributed by atoms with Crippen LogP contribution < -0.4 is 5.32 Å². The highest BCUT2D eigenvalue weighted by molar-refractivity contribution is 6.30. The molecule has 0 radical (unpaired) electrons. The Kier molecular flexibility index (Phi) is 4.80. The SMILES string of the molecule is Oc1cccc([C@@H](O)CNCc2ccc(Cl)cc2)c1. The van der Waals surface area contributed by atoms with Gasteiger partial charge in [0.05, 0.1) is 6.10 Å². The Balaban J connectivity index is 1.84. The number of aromatic hydroxyl groups is 1. The lowest BCUT2D eigenvalue weighted by Gasteiger charge is -2.12. The molecule has 3 N–H and O–H groups in total. The first-order valence-corrected chi connectivity index (χ1v) is 6.45. The average Bonchev–Trinajstić information content (AvgIpc) is 2.41. The summed E-state index contributed by atoms with van der Waals surface area (Å²) in [5.74, 6) is 0.161. The lowest BCUT2D eigenvalue weighted by Crippen LogP contribution is -2.20. The van der Waals surface area contributed by atoms with E-state index in [4.69, 9.17) is 11.6 Å². The van der Waals surface area contributed by atoms with Crippen molar-refractivity contribution in [3.63, 3.8) is 0 Å². The molecule has 0 fully saturated rings. The molecule has 0 aromatic heterocycles. The van der Waals surface area contributed by atoms with Gasteiger partial charge in [0.25, 0.3) is 0 Å². The Morgan fingerprint density at radius 1 is 1.11 bits per heavy atom. The Bertz CT molecular complexity index is 528. The van der Waals surface area contributed by atoms with Gasteiger partial charge in [-0.3, -0.25) is 0 Å². The topological polar surface area (TPSA) is 52.5 Å². The van der Waals surface area contributed by atoms with Crippen LogP contribution in [-0.2, 0) is 6.54 Å². The van der Waals surface area contributed by atoms with Gasteiger partial charge in [-0.25, -0.2) is 0 Å². The highest BCUT2D eigenvalue weighted by Gasteiger charge is 2.07. The zero-order valence-corrected chi connectivity index (χ0v) is 11.1. The third kappa shape index (κ3) is 4.24. The van der Waals surface area contributed by atoms with Gasteiger partial charge in [0.1, 0.15) is 5.75 Å². The van der Waals surface area contributed by atoms with E-state index in [0.29, 0.717) is 23.7 Å². The van der Waals surface area contributed by atoms with Crippen molar-refractivity contribution < 1.29 is 10.2 Å². The second kappa shape index (κ2) is 6.57. The molecule has 19 heavy (non-hydrogen) atoms. The van der Waals surface area contributed by atoms with Crippen LogP contribution in [0.2, 0.25) is 5.02 Å². The predicted octanol–water partition coefficient (Wildman–Crippen LogP) is 2.87. The molecular weight excluding hydrogens is 262 g/mol. The maximum absolute atomic E-state index is 9.97. The molecule has 0 spiro atoms. The fraction of sp³-hybridized carbons (Fsp3) is 0.200. The van der Waals surface area contributed by atoms with Gasteiger partial charge in [-0.15, -0.1) is 0 Å². The summed E-state index contributed by atoms with van der Waals surface area (Å²) in [5.41, 5.74) is 1.80. The number of halogens is 1. The van der Waals surface area contributed by atoms with Crippen molar-refractivity contribution in [2.24, 2.45) is 0 Å². The lowest BCUT2D eigenvalue weighted by molar-refractivity contribution is 0.174. The number of hydrogen-bond acceptors (Lipinski definition) is 3. The zero-order chi connectivity index (χ0) is 13.7. The molecule has 0 saturated heterocycles. The molecular formula is C15H16ClNO2. The van der Waals surface area contributed by atoms with Crippen LogP contribution in [0.4, 0.5) is 0 Å². The average molecular weight is 278 g/mol. The highest BCUT2D eigenvalue weighted by atomic mass is 35.5. The van der Waals surface area contributed by atoms with Gasteiger partial charge in [-0.2, -0.15) is 0 Å². The van der Waals surface area contributed by atoms with Crippen LogP contribution in [0.3, 0.4) is 0 Å². The second-order valence-corrected chi connectivity index (χ2v) is 4.80. The molecule has 0 aliphatic carbocycles. The van der Waals surface area contributed by atoms with Crippen LogP contribution >= 0.6 is 11.6 Å². The quantitative estimate of drug-likeness (QED) is 0.788. The van der Waals surface area contributed by atoms with Gasteiger partial charge < -0.3 is 15.5 Å². The molecule has 0 amide bonds. The fourth-order valence-electron chi connectivity index (χ4n) is 1.81. The Morgan fingerprint density at radius 3 is 2.53 bits per heavy atom. The summed E-state index contributed by atoms with van der Waals surface area (Å²) in [6.07, 6.45) is -0.639. The molecule has 0 heterocycles. The lowest BCUT2D eigenvalue weighted by atomic mass is 10.1. The second-order valence-electron chi connectivity index (χ2n) is 4.37. The van der Waals surface area contributed by atoms with Crippen molar-refractivity contribution >= 4 is 11.6 Å². The molecule has 0 unspecified atom stereocenters. The molecule has 0 bridgehead atoms. The van der Waals surface area contributed by atoms with E-state index in [0.717, 1.165) is 5.56 Å². The van der Waals surface area contributed by atoms with Crippen LogP contribution in [0.1, 0.15) is 17.2 Å². The standard InChI is InChI=1S/C15H16ClNO2/c16-13-6-4-11(5-7-13)9-17-10-15(19)12-2-1-3-14(18)8-12/h1-8,15,17-19H,9-10H2/t15-/m0/s1. The summed E-state index contributed by atoms with van der Waals surface area (Å²) < 4.78 is 0. The summed E-state index contributed by atoms with van der Waals surface area (Å²) >= 11 is 5.81. The Hall–Kier alpha value is -1.55. The minimum atomic E-state index is -0.639. The molecule has 0 saturated carbocycles. The molecule has 2 rings (SSSR count). The molecule has 4 heteroatoms. The summed E-state index contributed by atoms with van der Waals surface area (Å²) in [7, 11) is 0. The largest absolute Gasteiger partial charge is 0.508 e. The first-order valence-electron chi connectivity index (χ1n) is 6.07. The Labute approximate surface area is 117 Å². The van der Waals surface area contributed by atoms with Gasteiger partial charge in [-0.1, -0.05) is 35.9 Å². The summed E-state index contributed by atoms with van der Waals surface area (Å²) in [6.45, 7) is 1.08. The molecule has 2 aromatic rings. The van der Waals surface area contributed by atoms with Gasteiger partial charge in [-0.05, 0) is 35.4 Å². The van der Waals surface area contributed by atoms with E-state index in [1.165, 1.54) is 0 Å². The highest BCUT2D eigenvalue weighted by Crippen LogP contribution is 2.17. The number of benzene rings is 2. The normalized spacial score (nSPS) is 12.3. The number of phenolic OH excluding ortho intramolecular Hbond substituents is 1. The van der Waals surface area contributed by atoms with E-state index in [9.17, 15) is 10.2 Å². The van der Waals surface area contributed by atoms with Gasteiger partial charge in [0.2, 0.25) is 0 Å². The monoisotopic (exact) mass is 277 g/mol. The van der Waals surface area contributed by atoms with Crippen LogP contribution in [0.5, 0.6) is 5.75 Å². The molecule has 0 aliphatic heterocycles. The van der Waals surface area contributed by atoms with Crippen LogP contribution in [0, 0.1) is 0 Å². The first-order chi connectivity index (χ1) is 9.15. The van der Waals surface area contributed by atoms with E-state index >= 15 is 0 Å². The van der Waals surface area contributed by atoms with E-state index in [-0.39, 0.29) is 5.75 Å². The van der Waals surface area contributed by atoms with Gasteiger partial charge in [0.15, 0.2) is 0 Å². The molecule has 100 valence electrons. The number of aliphatic hydroxyl groups is 1.